The third kappa shape index (κ3) is 4.76. The second kappa shape index (κ2) is 9.25. The number of aromatic nitrogens is 1. The molecule has 32 heavy (non-hydrogen) atoms. The van der Waals surface area contributed by atoms with Gasteiger partial charge in [-0.25, -0.2) is 9.59 Å². The van der Waals surface area contributed by atoms with E-state index in [2.05, 4.69) is 0 Å². The molecule has 6 nitrogen and oxygen atoms in total. The first-order chi connectivity index (χ1) is 15.1. The number of carboxylic acid groups (broad SMARTS) is 1. The van der Waals surface area contributed by atoms with Crippen LogP contribution in [-0.2, 0) is 30.3 Å². The zero-order valence-corrected chi connectivity index (χ0v) is 18.0. The van der Waals surface area contributed by atoms with Crippen molar-refractivity contribution in [2.24, 2.45) is 7.05 Å². The molecule has 2 N–H and O–H groups in total. The molecule has 2 aromatic carbocycles. The first-order valence-electron chi connectivity index (χ1n) is 9.53. The number of benzene rings is 2. The zero-order valence-electron chi connectivity index (χ0n) is 17.2. The predicted octanol–water partition coefficient (Wildman–Crippen LogP) is 4.86. The third-order valence-corrected chi connectivity index (χ3v) is 5.89. The number of aryl methyl sites for hydroxylation is 1. The minimum Gasteiger partial charge on any atom is -0.478 e. The number of carbonyl (C=O) groups excluding carboxylic acids is 1. The Bertz CT molecular complexity index is 1190. The van der Waals surface area contributed by atoms with Gasteiger partial charge in [0.15, 0.2) is 0 Å². The van der Waals surface area contributed by atoms with Crippen molar-refractivity contribution in [1.82, 2.24) is 4.57 Å². The third-order valence-electron chi connectivity index (χ3n) is 4.90. The zero-order chi connectivity index (χ0) is 23.6. The average Bonchev–Trinajstić information content (AvgIpc) is 3.02. The van der Waals surface area contributed by atoms with Crippen LogP contribution < -0.4 is 0 Å². The number of nitrogens with zero attached hydrogens (tertiary/aromatic N) is 1. The summed E-state index contributed by atoms with van der Waals surface area (Å²) >= 11 is 0.983. The molecule has 3 aromatic rings. The molecule has 170 valence electrons. The van der Waals surface area contributed by atoms with Gasteiger partial charge in [-0.3, -0.25) is 0 Å². The summed E-state index contributed by atoms with van der Waals surface area (Å²) in [6.45, 7) is 1.57. The highest BCUT2D eigenvalue weighted by Crippen LogP contribution is 2.36. The fraction of sp³-hybridized carbons (Fsp3) is 0.273. The normalized spacial score (nSPS) is 11.7. The molecule has 0 aliphatic heterocycles. The standard InChI is InChI=1S/C22H20F3NO5S/c1-3-31-21(30)19-16-6-12(10-27)4-5-17(16)26(2)18(19)11-32-15-8-13(20(28)29)7-14(9-15)22(23,24)25/h4-9,27H,3,10-11H2,1-2H3,(H,28,29). The van der Waals surface area contributed by atoms with Crippen molar-refractivity contribution >= 4 is 34.6 Å². The maximum Gasteiger partial charge on any atom is 0.416 e. The number of alkyl halides is 3. The number of carbonyl (C=O) groups is 2. The van der Waals surface area contributed by atoms with E-state index in [9.17, 15) is 33.0 Å². The fourth-order valence-electron chi connectivity index (χ4n) is 3.36. The quantitative estimate of drug-likeness (QED) is 0.381. The number of carboxylic acids is 1. The van der Waals surface area contributed by atoms with E-state index in [0.717, 1.165) is 17.8 Å². The number of ether oxygens (including phenoxy) is 1. The Morgan fingerprint density at radius 1 is 1.16 bits per heavy atom. The van der Waals surface area contributed by atoms with Crippen LogP contribution in [0.15, 0.2) is 41.3 Å². The maximum absolute atomic E-state index is 13.2. The van der Waals surface area contributed by atoms with Crippen LogP contribution in [-0.4, -0.2) is 33.3 Å². The molecule has 0 saturated carbocycles. The summed E-state index contributed by atoms with van der Waals surface area (Å²) in [6, 6.07) is 7.75. The summed E-state index contributed by atoms with van der Waals surface area (Å²) in [6.07, 6.45) is -4.70. The van der Waals surface area contributed by atoms with Gasteiger partial charge in [-0.2, -0.15) is 13.2 Å². The lowest BCUT2D eigenvalue weighted by atomic mass is 10.1. The second-order valence-electron chi connectivity index (χ2n) is 6.95. The second-order valence-corrected chi connectivity index (χ2v) is 8.00. The molecule has 0 atom stereocenters. The number of aliphatic hydroxyl groups is 1. The minimum absolute atomic E-state index is 0.0914. The molecule has 0 fully saturated rings. The molecule has 1 heterocycles. The Kier molecular flexibility index (Phi) is 6.85. The number of rotatable bonds is 7. The number of aliphatic hydroxyl groups excluding tert-OH is 1. The van der Waals surface area contributed by atoms with E-state index in [1.165, 1.54) is 6.07 Å². The van der Waals surface area contributed by atoms with Gasteiger partial charge in [0, 0.05) is 34.3 Å². The van der Waals surface area contributed by atoms with E-state index in [0.29, 0.717) is 28.2 Å². The van der Waals surface area contributed by atoms with Crippen LogP contribution in [0.5, 0.6) is 0 Å². The molecule has 0 spiro atoms. The predicted molar refractivity (Wildman–Crippen MR) is 113 cm³/mol. The molecular formula is C22H20F3NO5S. The SMILES string of the molecule is CCOC(=O)c1c(CSc2cc(C(=O)O)cc(C(F)(F)F)c2)n(C)c2ccc(CO)cc12. The van der Waals surface area contributed by atoms with E-state index in [4.69, 9.17) is 4.74 Å². The number of esters is 1. The highest BCUT2D eigenvalue weighted by Gasteiger charge is 2.32. The van der Waals surface area contributed by atoms with Gasteiger partial charge in [0.05, 0.1) is 29.9 Å². The van der Waals surface area contributed by atoms with Gasteiger partial charge in [-0.1, -0.05) is 6.07 Å². The number of hydrogen-bond acceptors (Lipinski definition) is 5. The Hall–Kier alpha value is -2.98. The molecule has 0 bridgehead atoms. The lowest BCUT2D eigenvalue weighted by molar-refractivity contribution is -0.137. The highest BCUT2D eigenvalue weighted by molar-refractivity contribution is 7.98. The van der Waals surface area contributed by atoms with E-state index in [1.54, 1.807) is 36.7 Å². The molecule has 0 saturated heterocycles. The van der Waals surface area contributed by atoms with Crippen LogP contribution in [0.3, 0.4) is 0 Å². The first kappa shape index (κ1) is 23.7. The highest BCUT2D eigenvalue weighted by atomic mass is 32.2. The number of hydrogen-bond donors (Lipinski definition) is 2. The van der Waals surface area contributed by atoms with Crippen LogP contribution in [0, 0.1) is 0 Å². The summed E-state index contributed by atoms with van der Waals surface area (Å²) in [5.74, 6) is -1.96. The Labute approximate surface area is 185 Å². The summed E-state index contributed by atoms with van der Waals surface area (Å²) in [4.78, 5) is 24.1. The fourth-order valence-corrected chi connectivity index (χ4v) is 4.43. The van der Waals surface area contributed by atoms with Crippen LogP contribution in [0.25, 0.3) is 10.9 Å². The number of fused-ring (bicyclic) bond motifs is 1. The number of halogens is 3. The molecule has 0 radical (unpaired) electrons. The van der Waals surface area contributed by atoms with Crippen molar-refractivity contribution < 1.29 is 37.7 Å². The summed E-state index contributed by atoms with van der Waals surface area (Å²) in [7, 11) is 1.72. The van der Waals surface area contributed by atoms with E-state index >= 15 is 0 Å². The Morgan fingerprint density at radius 3 is 2.47 bits per heavy atom. The Balaban J connectivity index is 2.07. The molecule has 1 aromatic heterocycles. The number of thioether (sulfide) groups is 1. The van der Waals surface area contributed by atoms with Crippen molar-refractivity contribution in [1.29, 1.82) is 0 Å². The number of aromatic carboxylic acids is 1. The molecule has 10 heteroatoms. The summed E-state index contributed by atoms with van der Waals surface area (Å²) in [5, 5.41) is 19.2. The van der Waals surface area contributed by atoms with Gasteiger partial charge in [0.1, 0.15) is 0 Å². The van der Waals surface area contributed by atoms with Gasteiger partial charge in [-0.15, -0.1) is 11.8 Å². The van der Waals surface area contributed by atoms with E-state index in [-0.39, 0.29) is 29.4 Å². The lowest BCUT2D eigenvalue weighted by Crippen LogP contribution is -2.09. The van der Waals surface area contributed by atoms with Gasteiger partial charge in [-0.05, 0) is 42.8 Å². The van der Waals surface area contributed by atoms with Crippen molar-refractivity contribution in [3.63, 3.8) is 0 Å². The van der Waals surface area contributed by atoms with Crippen LogP contribution in [0.2, 0.25) is 0 Å². The van der Waals surface area contributed by atoms with Crippen LogP contribution >= 0.6 is 11.8 Å². The van der Waals surface area contributed by atoms with Crippen LogP contribution in [0.4, 0.5) is 13.2 Å². The molecule has 3 rings (SSSR count). The molecule has 0 aliphatic rings. The molecule has 0 unspecified atom stereocenters. The van der Waals surface area contributed by atoms with Crippen molar-refractivity contribution in [3.8, 4) is 0 Å². The average molecular weight is 467 g/mol. The monoisotopic (exact) mass is 467 g/mol. The lowest BCUT2D eigenvalue weighted by Gasteiger charge is -2.12. The molecular weight excluding hydrogens is 447 g/mol. The maximum atomic E-state index is 13.2. The van der Waals surface area contributed by atoms with Gasteiger partial charge >= 0.3 is 18.1 Å². The van der Waals surface area contributed by atoms with Crippen LogP contribution in [0.1, 0.15) is 44.5 Å². The summed E-state index contributed by atoms with van der Waals surface area (Å²) in [5.41, 5.74) is 0.520. The molecule has 0 aliphatic carbocycles. The molecule has 0 amide bonds. The van der Waals surface area contributed by atoms with Gasteiger partial charge in [0.2, 0.25) is 0 Å². The largest absolute Gasteiger partial charge is 0.478 e. The Morgan fingerprint density at radius 2 is 1.88 bits per heavy atom. The van der Waals surface area contributed by atoms with Crippen molar-refractivity contribution in [2.45, 2.75) is 30.4 Å². The smallest absolute Gasteiger partial charge is 0.416 e. The van der Waals surface area contributed by atoms with Crippen molar-refractivity contribution in [3.05, 3.63) is 64.3 Å². The topological polar surface area (TPSA) is 88.8 Å². The van der Waals surface area contributed by atoms with Gasteiger partial charge in [0.25, 0.3) is 0 Å². The van der Waals surface area contributed by atoms with E-state index < -0.39 is 29.2 Å². The van der Waals surface area contributed by atoms with Gasteiger partial charge < -0.3 is 19.5 Å². The van der Waals surface area contributed by atoms with Crippen molar-refractivity contribution in [2.75, 3.05) is 6.61 Å². The first-order valence-corrected chi connectivity index (χ1v) is 10.5. The minimum atomic E-state index is -4.70. The summed E-state index contributed by atoms with van der Waals surface area (Å²) < 4.78 is 46.6. The van der Waals surface area contributed by atoms with E-state index in [1.807, 2.05) is 0 Å².